The van der Waals surface area contributed by atoms with Crippen molar-refractivity contribution >= 4 is 11.9 Å². The summed E-state index contributed by atoms with van der Waals surface area (Å²) in [5.74, 6) is -0.148. The van der Waals surface area contributed by atoms with Gasteiger partial charge in [-0.3, -0.25) is 9.59 Å². The van der Waals surface area contributed by atoms with Crippen molar-refractivity contribution < 1.29 is 19.4 Å². The molecule has 0 bridgehead atoms. The number of ether oxygens (including phenoxy) is 1. The number of amides is 1. The molecule has 0 heterocycles. The van der Waals surface area contributed by atoms with Gasteiger partial charge in [-0.2, -0.15) is 0 Å². The molecule has 0 aliphatic heterocycles. The van der Waals surface area contributed by atoms with Crippen molar-refractivity contribution in [3.63, 3.8) is 0 Å². The van der Waals surface area contributed by atoms with Crippen LogP contribution in [-0.4, -0.2) is 30.6 Å². The Morgan fingerprint density at radius 2 is 2.00 bits per heavy atom. The fraction of sp³-hybridized carbons (Fsp3) is 0.529. The van der Waals surface area contributed by atoms with Gasteiger partial charge in [-0.25, -0.2) is 0 Å². The van der Waals surface area contributed by atoms with Gasteiger partial charge in [0.15, 0.2) is 0 Å². The van der Waals surface area contributed by atoms with Gasteiger partial charge in [0.2, 0.25) is 5.91 Å². The van der Waals surface area contributed by atoms with Crippen molar-refractivity contribution in [2.45, 2.75) is 39.5 Å². The highest BCUT2D eigenvalue weighted by Gasteiger charge is 2.24. The third kappa shape index (κ3) is 7.11. The van der Waals surface area contributed by atoms with Crippen molar-refractivity contribution in [1.29, 1.82) is 0 Å². The molecule has 1 aromatic carbocycles. The number of benzene rings is 1. The minimum atomic E-state index is -0.879. The Morgan fingerprint density at radius 1 is 1.27 bits per heavy atom. The van der Waals surface area contributed by atoms with Crippen LogP contribution in [0.5, 0.6) is 5.75 Å². The van der Waals surface area contributed by atoms with E-state index in [1.807, 2.05) is 24.3 Å². The van der Waals surface area contributed by atoms with Gasteiger partial charge in [0, 0.05) is 13.0 Å². The van der Waals surface area contributed by atoms with Gasteiger partial charge in [-0.05, 0) is 36.0 Å². The van der Waals surface area contributed by atoms with Gasteiger partial charge in [0.25, 0.3) is 0 Å². The molecule has 0 spiro atoms. The molecule has 22 heavy (non-hydrogen) atoms. The smallest absolute Gasteiger partial charge is 0.303 e. The molecule has 0 fully saturated rings. The van der Waals surface area contributed by atoms with Crippen molar-refractivity contribution in [1.82, 2.24) is 5.32 Å². The zero-order chi connectivity index (χ0) is 16.6. The number of hydrogen-bond acceptors (Lipinski definition) is 3. The first kappa shape index (κ1) is 18.0. The number of carboxylic acid groups (broad SMARTS) is 1. The molecule has 1 rings (SSSR count). The predicted molar refractivity (Wildman–Crippen MR) is 85.0 cm³/mol. The fourth-order valence-corrected chi connectivity index (χ4v) is 2.32. The molecule has 0 saturated heterocycles. The molecule has 2 N–H and O–H groups in total. The number of methoxy groups -OCH3 is 1. The Balaban J connectivity index is 2.29. The number of hydrogen-bond donors (Lipinski definition) is 2. The van der Waals surface area contributed by atoms with Crippen molar-refractivity contribution in [2.24, 2.45) is 5.41 Å². The molecule has 5 heteroatoms. The van der Waals surface area contributed by atoms with E-state index in [9.17, 15) is 9.59 Å². The first-order valence-electron chi connectivity index (χ1n) is 7.44. The normalized spacial score (nSPS) is 11.0. The van der Waals surface area contributed by atoms with E-state index in [4.69, 9.17) is 9.84 Å². The summed E-state index contributed by atoms with van der Waals surface area (Å²) in [6, 6.07) is 7.86. The second-order valence-electron chi connectivity index (χ2n) is 6.22. The van der Waals surface area contributed by atoms with Crippen LogP contribution in [0.3, 0.4) is 0 Å². The van der Waals surface area contributed by atoms with Crippen LogP contribution in [0.2, 0.25) is 0 Å². The zero-order valence-corrected chi connectivity index (χ0v) is 13.5. The van der Waals surface area contributed by atoms with E-state index >= 15 is 0 Å². The molecule has 0 aromatic heterocycles. The lowest BCUT2D eigenvalue weighted by molar-refractivity contribution is -0.139. The summed E-state index contributed by atoms with van der Waals surface area (Å²) >= 11 is 0. The lowest BCUT2D eigenvalue weighted by Gasteiger charge is -2.21. The Labute approximate surface area is 131 Å². The van der Waals surface area contributed by atoms with E-state index in [1.165, 1.54) is 5.56 Å². The topological polar surface area (TPSA) is 75.6 Å². The summed E-state index contributed by atoms with van der Waals surface area (Å²) < 4.78 is 5.17. The van der Waals surface area contributed by atoms with Gasteiger partial charge in [0.05, 0.1) is 13.5 Å². The highest BCUT2D eigenvalue weighted by molar-refractivity contribution is 5.77. The van der Waals surface area contributed by atoms with E-state index < -0.39 is 11.4 Å². The molecule has 0 aliphatic carbocycles. The highest BCUT2D eigenvalue weighted by Crippen LogP contribution is 2.24. The molecule has 1 aromatic rings. The number of aliphatic carboxylic acids is 1. The second kappa shape index (κ2) is 8.41. The number of aryl methyl sites for hydroxylation is 1. The predicted octanol–water partition coefficient (Wildman–Crippen LogP) is 2.63. The van der Waals surface area contributed by atoms with E-state index in [2.05, 4.69) is 5.32 Å². The molecule has 0 aliphatic rings. The Hall–Kier alpha value is -2.04. The number of nitrogens with one attached hydrogen (secondary N) is 1. The lowest BCUT2D eigenvalue weighted by atomic mass is 9.85. The number of carbonyl (C=O) groups is 2. The maximum atomic E-state index is 11.8. The van der Waals surface area contributed by atoms with Crippen molar-refractivity contribution in [3.8, 4) is 5.75 Å². The largest absolute Gasteiger partial charge is 0.497 e. The molecule has 0 saturated carbocycles. The first-order chi connectivity index (χ1) is 10.3. The Bertz CT molecular complexity index is 511. The van der Waals surface area contributed by atoms with Crippen LogP contribution in [0.4, 0.5) is 0 Å². The van der Waals surface area contributed by atoms with Crippen LogP contribution in [0.25, 0.3) is 0 Å². The van der Waals surface area contributed by atoms with Crippen LogP contribution in [-0.2, 0) is 16.0 Å². The molecule has 1 amide bonds. The number of rotatable bonds is 9. The van der Waals surface area contributed by atoms with Crippen molar-refractivity contribution in [3.05, 3.63) is 29.8 Å². The molecule has 122 valence electrons. The van der Waals surface area contributed by atoms with Crippen LogP contribution in [0.15, 0.2) is 24.3 Å². The minimum Gasteiger partial charge on any atom is -0.497 e. The van der Waals surface area contributed by atoms with E-state index in [-0.39, 0.29) is 18.7 Å². The van der Waals surface area contributed by atoms with Gasteiger partial charge < -0.3 is 15.2 Å². The van der Waals surface area contributed by atoms with Gasteiger partial charge in [0.1, 0.15) is 5.75 Å². The summed E-state index contributed by atoms with van der Waals surface area (Å²) in [4.78, 5) is 22.6. The summed E-state index contributed by atoms with van der Waals surface area (Å²) in [5, 5.41) is 11.7. The SMILES string of the molecule is COc1cccc(CCCNC(=O)CC(C)(C)CC(=O)O)c1. The van der Waals surface area contributed by atoms with Gasteiger partial charge in [-0.15, -0.1) is 0 Å². The molecular formula is C17H25NO4. The Morgan fingerprint density at radius 3 is 2.64 bits per heavy atom. The number of carbonyl (C=O) groups excluding carboxylic acids is 1. The Kier molecular flexibility index (Phi) is 6.89. The fourth-order valence-electron chi connectivity index (χ4n) is 2.32. The average molecular weight is 307 g/mol. The first-order valence-corrected chi connectivity index (χ1v) is 7.44. The monoisotopic (exact) mass is 307 g/mol. The maximum absolute atomic E-state index is 11.8. The van der Waals surface area contributed by atoms with E-state index in [1.54, 1.807) is 21.0 Å². The van der Waals surface area contributed by atoms with Crippen LogP contribution < -0.4 is 10.1 Å². The number of carboxylic acids is 1. The highest BCUT2D eigenvalue weighted by atomic mass is 16.5. The minimum absolute atomic E-state index is 0.00969. The summed E-state index contributed by atoms with van der Waals surface area (Å²) in [6.07, 6.45) is 1.90. The van der Waals surface area contributed by atoms with Crippen molar-refractivity contribution in [2.75, 3.05) is 13.7 Å². The lowest BCUT2D eigenvalue weighted by Crippen LogP contribution is -2.30. The summed E-state index contributed by atoms with van der Waals surface area (Å²) in [6.45, 7) is 4.16. The van der Waals surface area contributed by atoms with Gasteiger partial charge >= 0.3 is 5.97 Å². The van der Waals surface area contributed by atoms with Gasteiger partial charge in [-0.1, -0.05) is 26.0 Å². The molecule has 0 atom stereocenters. The second-order valence-corrected chi connectivity index (χ2v) is 6.22. The quantitative estimate of drug-likeness (QED) is 0.688. The van der Waals surface area contributed by atoms with Crippen LogP contribution >= 0.6 is 0 Å². The van der Waals surface area contributed by atoms with E-state index in [0.717, 1.165) is 18.6 Å². The zero-order valence-electron chi connectivity index (χ0n) is 13.5. The third-order valence-corrected chi connectivity index (χ3v) is 3.37. The average Bonchev–Trinajstić information content (AvgIpc) is 2.41. The standard InChI is InChI=1S/C17H25NO4/c1-17(2,12-16(20)21)11-15(19)18-9-5-7-13-6-4-8-14(10-13)22-3/h4,6,8,10H,5,7,9,11-12H2,1-3H3,(H,18,19)(H,20,21). The van der Waals surface area contributed by atoms with Crippen LogP contribution in [0.1, 0.15) is 38.7 Å². The molecule has 0 radical (unpaired) electrons. The molecule has 5 nitrogen and oxygen atoms in total. The third-order valence-electron chi connectivity index (χ3n) is 3.37. The van der Waals surface area contributed by atoms with E-state index in [0.29, 0.717) is 6.54 Å². The summed E-state index contributed by atoms with van der Waals surface area (Å²) in [7, 11) is 1.64. The van der Waals surface area contributed by atoms with Crippen LogP contribution in [0, 0.1) is 5.41 Å². The summed E-state index contributed by atoms with van der Waals surface area (Å²) in [5.41, 5.74) is 0.641. The molecular weight excluding hydrogens is 282 g/mol. The molecule has 0 unspecified atom stereocenters. The maximum Gasteiger partial charge on any atom is 0.303 e.